The minimum atomic E-state index is -0.0427. The molecule has 0 spiro atoms. The van der Waals surface area contributed by atoms with E-state index in [9.17, 15) is 9.90 Å². The zero-order valence-electron chi connectivity index (χ0n) is 15.2. The van der Waals surface area contributed by atoms with Crippen molar-refractivity contribution >= 4 is 23.2 Å². The number of amides is 1. The van der Waals surface area contributed by atoms with E-state index in [0.717, 1.165) is 5.69 Å². The van der Waals surface area contributed by atoms with E-state index in [-0.39, 0.29) is 18.6 Å². The number of aliphatic hydroxyl groups is 1. The van der Waals surface area contributed by atoms with Crippen molar-refractivity contribution in [1.29, 1.82) is 5.26 Å². The number of anilines is 1. The van der Waals surface area contributed by atoms with Gasteiger partial charge in [-0.25, -0.2) is 0 Å². The van der Waals surface area contributed by atoms with Crippen LogP contribution in [0.5, 0.6) is 0 Å². The summed E-state index contributed by atoms with van der Waals surface area (Å²) in [6, 6.07) is 15.6. The Kier molecular flexibility index (Phi) is 6.00. The molecule has 0 radical (unpaired) electrons. The molecule has 6 heteroatoms. The number of aliphatic hydroxyl groups excluding tert-OH is 1. The number of halogens is 1. The molecule has 0 bridgehead atoms. The number of hydrogen-bond donors (Lipinski definition) is 1. The van der Waals surface area contributed by atoms with Gasteiger partial charge in [-0.05, 0) is 36.2 Å². The first-order valence-electron chi connectivity index (χ1n) is 8.93. The van der Waals surface area contributed by atoms with Crippen LogP contribution in [0.3, 0.4) is 0 Å². The molecule has 0 aromatic heterocycles. The third-order valence-electron chi connectivity index (χ3n) is 5.01. The van der Waals surface area contributed by atoms with Gasteiger partial charge in [0.15, 0.2) is 0 Å². The van der Waals surface area contributed by atoms with Gasteiger partial charge in [0.2, 0.25) is 5.91 Å². The molecule has 1 fully saturated rings. The Morgan fingerprint density at radius 3 is 2.78 bits per heavy atom. The molecule has 1 aliphatic heterocycles. The van der Waals surface area contributed by atoms with E-state index in [0.29, 0.717) is 36.6 Å². The van der Waals surface area contributed by atoms with Gasteiger partial charge in [0, 0.05) is 31.7 Å². The Bertz CT molecular complexity index is 878. The smallest absolute Gasteiger partial charge is 0.224 e. The third kappa shape index (κ3) is 4.24. The second-order valence-corrected chi connectivity index (χ2v) is 7.16. The van der Waals surface area contributed by atoms with Crippen LogP contribution in [0, 0.1) is 18.3 Å². The fourth-order valence-electron chi connectivity index (χ4n) is 3.47. The summed E-state index contributed by atoms with van der Waals surface area (Å²) >= 11 is 6.26. The number of nitrogens with zero attached hydrogens (tertiary/aromatic N) is 3. The maximum absolute atomic E-state index is 12.3. The fraction of sp³-hybridized carbons (Fsp3) is 0.333. The Morgan fingerprint density at radius 2 is 2.11 bits per heavy atom. The summed E-state index contributed by atoms with van der Waals surface area (Å²) in [5, 5.41) is 18.7. The highest BCUT2D eigenvalue weighted by Crippen LogP contribution is 2.30. The standard InChI is InChI=1S/C21H22ClN3O2/c1-15-4-2-3-5-17(15)13-25(18-7-6-16(12-23)20(22)10-18)19-11-21(27)24(14-19)8-9-26/h2-7,10,19,26H,8-9,11,13-14H2,1H3/t19-/m0/s1. The average molecular weight is 384 g/mol. The quantitative estimate of drug-likeness (QED) is 0.832. The average Bonchev–Trinajstić information content (AvgIpc) is 3.01. The van der Waals surface area contributed by atoms with E-state index in [4.69, 9.17) is 16.9 Å². The zero-order chi connectivity index (χ0) is 19.4. The largest absolute Gasteiger partial charge is 0.395 e. The highest BCUT2D eigenvalue weighted by atomic mass is 35.5. The minimum absolute atomic E-state index is 0.0207. The molecule has 0 saturated carbocycles. The van der Waals surface area contributed by atoms with Crippen LogP contribution in [0.25, 0.3) is 0 Å². The molecule has 3 rings (SSSR count). The van der Waals surface area contributed by atoms with Crippen LogP contribution in [-0.4, -0.2) is 41.7 Å². The van der Waals surface area contributed by atoms with E-state index in [1.54, 1.807) is 17.0 Å². The number of benzene rings is 2. The van der Waals surface area contributed by atoms with E-state index >= 15 is 0 Å². The van der Waals surface area contributed by atoms with Crippen LogP contribution in [0.4, 0.5) is 5.69 Å². The van der Waals surface area contributed by atoms with E-state index in [1.807, 2.05) is 18.2 Å². The van der Waals surface area contributed by atoms with Crippen LogP contribution in [0.2, 0.25) is 5.02 Å². The van der Waals surface area contributed by atoms with Crippen LogP contribution in [-0.2, 0) is 11.3 Å². The number of nitriles is 1. The molecule has 140 valence electrons. The topological polar surface area (TPSA) is 67.6 Å². The van der Waals surface area contributed by atoms with Gasteiger partial charge in [0.25, 0.3) is 0 Å². The molecule has 1 amide bonds. The van der Waals surface area contributed by atoms with E-state index in [2.05, 4.69) is 30.0 Å². The third-order valence-corrected chi connectivity index (χ3v) is 5.32. The molecule has 0 aliphatic carbocycles. The van der Waals surface area contributed by atoms with Crippen molar-refractivity contribution < 1.29 is 9.90 Å². The molecule has 1 heterocycles. The second kappa shape index (κ2) is 8.43. The van der Waals surface area contributed by atoms with Gasteiger partial charge in [-0.2, -0.15) is 5.26 Å². The summed E-state index contributed by atoms with van der Waals surface area (Å²) in [4.78, 5) is 16.2. The summed E-state index contributed by atoms with van der Waals surface area (Å²) in [5.41, 5.74) is 3.66. The molecule has 1 atom stereocenters. The summed E-state index contributed by atoms with van der Waals surface area (Å²) in [6.45, 7) is 3.57. The molecule has 1 N–H and O–H groups in total. The molecule has 2 aromatic rings. The number of hydrogen-bond acceptors (Lipinski definition) is 4. The number of carbonyl (C=O) groups excluding carboxylic acids is 1. The molecule has 2 aromatic carbocycles. The number of carbonyl (C=O) groups is 1. The van der Waals surface area contributed by atoms with Gasteiger partial charge in [0.1, 0.15) is 6.07 Å². The lowest BCUT2D eigenvalue weighted by atomic mass is 10.1. The van der Waals surface area contributed by atoms with Crippen LogP contribution >= 0.6 is 11.6 Å². The SMILES string of the molecule is Cc1ccccc1CN(c1ccc(C#N)c(Cl)c1)[C@H]1CC(=O)N(CCO)C1. The molecule has 27 heavy (non-hydrogen) atoms. The Labute approximate surface area is 164 Å². The van der Waals surface area contributed by atoms with Crippen molar-refractivity contribution in [2.24, 2.45) is 0 Å². The zero-order valence-corrected chi connectivity index (χ0v) is 16.0. The van der Waals surface area contributed by atoms with Gasteiger partial charge in [-0.3, -0.25) is 4.79 Å². The van der Waals surface area contributed by atoms with Crippen molar-refractivity contribution in [1.82, 2.24) is 4.90 Å². The lowest BCUT2D eigenvalue weighted by molar-refractivity contribution is -0.128. The van der Waals surface area contributed by atoms with Gasteiger partial charge in [0.05, 0.1) is 23.2 Å². The summed E-state index contributed by atoms with van der Waals surface area (Å²) in [5.74, 6) is 0.0450. The molecular formula is C21H22ClN3O2. The molecule has 5 nitrogen and oxygen atoms in total. The Morgan fingerprint density at radius 1 is 1.33 bits per heavy atom. The van der Waals surface area contributed by atoms with Crippen LogP contribution in [0.1, 0.15) is 23.1 Å². The van der Waals surface area contributed by atoms with Gasteiger partial charge in [-0.1, -0.05) is 35.9 Å². The fourth-order valence-corrected chi connectivity index (χ4v) is 3.69. The highest BCUT2D eigenvalue weighted by molar-refractivity contribution is 6.32. The van der Waals surface area contributed by atoms with E-state index in [1.165, 1.54) is 11.1 Å². The predicted molar refractivity (Wildman–Crippen MR) is 106 cm³/mol. The lowest BCUT2D eigenvalue weighted by Gasteiger charge is -2.32. The van der Waals surface area contributed by atoms with Crippen molar-refractivity contribution in [2.45, 2.75) is 25.9 Å². The van der Waals surface area contributed by atoms with Crippen LogP contribution < -0.4 is 4.90 Å². The maximum Gasteiger partial charge on any atom is 0.224 e. The monoisotopic (exact) mass is 383 g/mol. The minimum Gasteiger partial charge on any atom is -0.395 e. The second-order valence-electron chi connectivity index (χ2n) is 6.75. The van der Waals surface area contributed by atoms with Gasteiger partial charge in [-0.15, -0.1) is 0 Å². The number of aryl methyl sites for hydroxylation is 1. The summed E-state index contributed by atoms with van der Waals surface area (Å²) in [6.07, 6.45) is 0.392. The van der Waals surface area contributed by atoms with Crippen molar-refractivity contribution in [3.63, 3.8) is 0 Å². The molecule has 1 aliphatic rings. The highest BCUT2D eigenvalue weighted by Gasteiger charge is 2.33. The number of likely N-dealkylation sites (tertiary alicyclic amines) is 1. The Hall–Kier alpha value is -2.55. The molecular weight excluding hydrogens is 362 g/mol. The molecule has 0 unspecified atom stereocenters. The first-order valence-corrected chi connectivity index (χ1v) is 9.30. The van der Waals surface area contributed by atoms with Gasteiger partial charge < -0.3 is 14.9 Å². The summed E-state index contributed by atoms with van der Waals surface area (Å²) in [7, 11) is 0. The first kappa shape index (κ1) is 19.2. The van der Waals surface area contributed by atoms with Gasteiger partial charge >= 0.3 is 0 Å². The maximum atomic E-state index is 12.3. The number of rotatable bonds is 6. The Balaban J connectivity index is 1.94. The van der Waals surface area contributed by atoms with Crippen LogP contribution in [0.15, 0.2) is 42.5 Å². The van der Waals surface area contributed by atoms with Crippen molar-refractivity contribution in [2.75, 3.05) is 24.6 Å². The normalized spacial score (nSPS) is 16.4. The lowest BCUT2D eigenvalue weighted by Crippen LogP contribution is -2.38. The van der Waals surface area contributed by atoms with Crippen molar-refractivity contribution in [3.05, 3.63) is 64.2 Å². The van der Waals surface area contributed by atoms with E-state index < -0.39 is 0 Å². The predicted octanol–water partition coefficient (Wildman–Crippen LogP) is 3.12. The summed E-state index contributed by atoms with van der Waals surface area (Å²) < 4.78 is 0. The molecule has 1 saturated heterocycles. The first-order chi connectivity index (χ1) is 13.0. The number of β-amino-alcohol motifs (C(OH)–C–C–N with tert-alkyl or cyclic N) is 1. The van der Waals surface area contributed by atoms with Crippen molar-refractivity contribution in [3.8, 4) is 6.07 Å².